The highest BCUT2D eigenvalue weighted by molar-refractivity contribution is 5.93. The summed E-state index contributed by atoms with van der Waals surface area (Å²) in [6.07, 6.45) is 3.78. The van der Waals surface area contributed by atoms with Crippen molar-refractivity contribution in [3.8, 4) is 23.0 Å². The first-order chi connectivity index (χ1) is 17.6. The molecule has 5 rings (SSSR count). The summed E-state index contributed by atoms with van der Waals surface area (Å²) in [6, 6.07) is 17.4. The van der Waals surface area contributed by atoms with Gasteiger partial charge in [0.15, 0.2) is 23.1 Å². The minimum atomic E-state index is -0.407. The quantitative estimate of drug-likeness (QED) is 0.325. The van der Waals surface area contributed by atoms with E-state index in [-0.39, 0.29) is 5.75 Å². The first-order valence-electron chi connectivity index (χ1n) is 12.0. The highest BCUT2D eigenvalue weighted by Gasteiger charge is 2.19. The Hall–Kier alpha value is -3.91. The van der Waals surface area contributed by atoms with Crippen LogP contribution >= 0.6 is 0 Å². The van der Waals surface area contributed by atoms with Gasteiger partial charge in [-0.15, -0.1) is 0 Å². The molecule has 8 heteroatoms. The van der Waals surface area contributed by atoms with Gasteiger partial charge in [0, 0.05) is 17.1 Å². The first-order valence-corrected chi connectivity index (χ1v) is 12.0. The lowest BCUT2D eigenvalue weighted by molar-refractivity contribution is 0.157. The fourth-order valence-electron chi connectivity index (χ4n) is 4.27. The van der Waals surface area contributed by atoms with E-state index in [1.807, 2.05) is 24.3 Å². The Bertz CT molecular complexity index is 1320. The van der Waals surface area contributed by atoms with Gasteiger partial charge in [-0.2, -0.15) is 0 Å². The molecule has 4 aromatic rings. The molecule has 0 bridgehead atoms. The zero-order valence-corrected chi connectivity index (χ0v) is 20.4. The first kappa shape index (κ1) is 23.8. The summed E-state index contributed by atoms with van der Waals surface area (Å²) in [7, 11) is 3.79. The minimum absolute atomic E-state index is 0.181. The number of methoxy groups -OCH3 is 1. The van der Waals surface area contributed by atoms with E-state index in [9.17, 15) is 4.39 Å². The topological polar surface area (TPSA) is 68.7 Å². The standard InChI is InChI=1S/C28H29FN4O3/c1-33-13-11-19(12-14-33)17-35-27-16-24-22(15-26(27)34-2)28(31-18-30-24)32-20-7-9-21(10-8-20)36-25-6-4-3-5-23(25)29/h3-10,15-16,18-19H,11-14,17H2,1-2H3,(H,30,31,32). The molecular formula is C28H29FN4O3. The fourth-order valence-corrected chi connectivity index (χ4v) is 4.27. The van der Waals surface area contributed by atoms with Crippen LogP contribution < -0.4 is 19.5 Å². The Labute approximate surface area is 209 Å². The molecule has 0 spiro atoms. The molecule has 1 aromatic heterocycles. The second kappa shape index (κ2) is 10.8. The number of hydrogen-bond donors (Lipinski definition) is 1. The van der Waals surface area contributed by atoms with Gasteiger partial charge in [-0.1, -0.05) is 12.1 Å². The van der Waals surface area contributed by atoms with Crippen LogP contribution in [0.3, 0.4) is 0 Å². The van der Waals surface area contributed by atoms with Crippen LogP contribution in [0.4, 0.5) is 15.9 Å². The lowest BCUT2D eigenvalue weighted by atomic mass is 9.98. The van der Waals surface area contributed by atoms with E-state index in [0.29, 0.717) is 35.6 Å². The molecule has 1 N–H and O–H groups in total. The summed E-state index contributed by atoms with van der Waals surface area (Å²) in [5, 5.41) is 4.14. The molecule has 1 fully saturated rings. The van der Waals surface area contributed by atoms with Crippen molar-refractivity contribution >= 4 is 22.4 Å². The molecule has 1 aliphatic heterocycles. The normalized spacial score (nSPS) is 14.5. The Morgan fingerprint density at radius 3 is 2.50 bits per heavy atom. The largest absolute Gasteiger partial charge is 0.493 e. The zero-order valence-electron chi connectivity index (χ0n) is 20.4. The van der Waals surface area contributed by atoms with Crippen LogP contribution in [0.1, 0.15) is 12.8 Å². The van der Waals surface area contributed by atoms with Crippen molar-refractivity contribution in [2.24, 2.45) is 5.92 Å². The number of benzene rings is 3. The number of nitrogens with zero attached hydrogens (tertiary/aromatic N) is 3. The number of piperidine rings is 1. The van der Waals surface area contributed by atoms with Crippen LogP contribution in [0.2, 0.25) is 0 Å². The van der Waals surface area contributed by atoms with Crippen molar-refractivity contribution in [2.45, 2.75) is 12.8 Å². The minimum Gasteiger partial charge on any atom is -0.493 e. The zero-order chi connectivity index (χ0) is 24.9. The van der Waals surface area contributed by atoms with Gasteiger partial charge in [0.1, 0.15) is 17.9 Å². The summed E-state index contributed by atoms with van der Waals surface area (Å²) in [5.74, 6) is 2.81. The van der Waals surface area contributed by atoms with Crippen molar-refractivity contribution in [1.82, 2.24) is 14.9 Å². The summed E-state index contributed by atoms with van der Waals surface area (Å²) < 4.78 is 31.3. The van der Waals surface area contributed by atoms with Crippen molar-refractivity contribution < 1.29 is 18.6 Å². The van der Waals surface area contributed by atoms with Gasteiger partial charge in [-0.05, 0) is 81.4 Å². The predicted molar refractivity (Wildman–Crippen MR) is 138 cm³/mol. The van der Waals surface area contributed by atoms with E-state index in [0.717, 1.165) is 42.5 Å². The van der Waals surface area contributed by atoms with E-state index < -0.39 is 5.82 Å². The van der Waals surface area contributed by atoms with Gasteiger partial charge < -0.3 is 24.4 Å². The molecule has 0 unspecified atom stereocenters. The van der Waals surface area contributed by atoms with Crippen LogP contribution in [0, 0.1) is 11.7 Å². The Morgan fingerprint density at radius 2 is 1.75 bits per heavy atom. The predicted octanol–water partition coefficient (Wildman–Crippen LogP) is 6.03. The maximum Gasteiger partial charge on any atom is 0.165 e. The smallest absolute Gasteiger partial charge is 0.165 e. The number of hydrogen-bond acceptors (Lipinski definition) is 7. The van der Waals surface area contributed by atoms with Crippen LogP contribution in [0.25, 0.3) is 10.9 Å². The Kier molecular flexibility index (Phi) is 7.13. The van der Waals surface area contributed by atoms with Crippen LogP contribution in [0.5, 0.6) is 23.0 Å². The van der Waals surface area contributed by atoms with Gasteiger partial charge in [0.25, 0.3) is 0 Å². The molecule has 3 aromatic carbocycles. The van der Waals surface area contributed by atoms with Crippen LogP contribution in [0.15, 0.2) is 67.0 Å². The molecule has 0 saturated carbocycles. The highest BCUT2D eigenvalue weighted by atomic mass is 19.1. The summed E-state index contributed by atoms with van der Waals surface area (Å²) in [4.78, 5) is 11.2. The van der Waals surface area contributed by atoms with Crippen molar-refractivity contribution in [2.75, 3.05) is 39.2 Å². The van der Waals surface area contributed by atoms with Crippen LogP contribution in [-0.2, 0) is 0 Å². The van der Waals surface area contributed by atoms with Gasteiger partial charge in [-0.25, -0.2) is 14.4 Å². The number of fused-ring (bicyclic) bond motifs is 1. The number of rotatable bonds is 8. The number of aromatic nitrogens is 2. The van der Waals surface area contributed by atoms with E-state index in [4.69, 9.17) is 14.2 Å². The molecule has 0 aliphatic carbocycles. The number of nitrogens with one attached hydrogen (secondary N) is 1. The lowest BCUT2D eigenvalue weighted by Crippen LogP contribution is -2.32. The molecule has 0 radical (unpaired) electrons. The van der Waals surface area contributed by atoms with Crippen molar-refractivity contribution in [3.63, 3.8) is 0 Å². The number of anilines is 2. The van der Waals surface area contributed by atoms with Gasteiger partial charge >= 0.3 is 0 Å². The Morgan fingerprint density at radius 1 is 0.972 bits per heavy atom. The fraction of sp³-hybridized carbons (Fsp3) is 0.286. The molecular weight excluding hydrogens is 459 g/mol. The maximum atomic E-state index is 13.9. The number of para-hydroxylation sites is 1. The monoisotopic (exact) mass is 488 g/mol. The molecule has 0 atom stereocenters. The molecule has 2 heterocycles. The summed E-state index contributed by atoms with van der Waals surface area (Å²) >= 11 is 0. The molecule has 186 valence electrons. The van der Waals surface area contributed by atoms with Crippen LogP contribution in [-0.4, -0.2) is 48.7 Å². The lowest BCUT2D eigenvalue weighted by Gasteiger charge is -2.28. The molecule has 1 aliphatic rings. The third-order valence-corrected chi connectivity index (χ3v) is 6.41. The van der Waals surface area contributed by atoms with E-state index in [1.165, 1.54) is 12.4 Å². The van der Waals surface area contributed by atoms with Crippen molar-refractivity contribution in [3.05, 3.63) is 72.8 Å². The van der Waals surface area contributed by atoms with Crippen molar-refractivity contribution in [1.29, 1.82) is 0 Å². The second-order valence-corrected chi connectivity index (χ2v) is 8.98. The van der Waals surface area contributed by atoms with Gasteiger partial charge in [-0.3, -0.25) is 0 Å². The maximum absolute atomic E-state index is 13.9. The summed E-state index contributed by atoms with van der Waals surface area (Å²) in [5.41, 5.74) is 1.56. The molecule has 0 amide bonds. The number of halogens is 1. The van der Waals surface area contributed by atoms with E-state index in [1.54, 1.807) is 37.4 Å². The molecule has 36 heavy (non-hydrogen) atoms. The molecule has 7 nitrogen and oxygen atoms in total. The van der Waals surface area contributed by atoms with E-state index >= 15 is 0 Å². The van der Waals surface area contributed by atoms with E-state index in [2.05, 4.69) is 27.2 Å². The average Bonchev–Trinajstić information content (AvgIpc) is 2.90. The van der Waals surface area contributed by atoms with Gasteiger partial charge in [0.2, 0.25) is 0 Å². The van der Waals surface area contributed by atoms with Gasteiger partial charge in [0.05, 0.1) is 19.2 Å². The molecule has 1 saturated heterocycles. The highest BCUT2D eigenvalue weighted by Crippen LogP contribution is 2.35. The number of likely N-dealkylation sites (tertiary alicyclic amines) is 1. The third kappa shape index (κ3) is 5.49. The summed E-state index contributed by atoms with van der Waals surface area (Å²) in [6.45, 7) is 2.86. The Balaban J connectivity index is 1.31. The SMILES string of the molecule is COc1cc2c(Nc3ccc(Oc4ccccc4F)cc3)ncnc2cc1OCC1CCN(C)CC1. The average molecular weight is 489 g/mol. The second-order valence-electron chi connectivity index (χ2n) is 8.98. The number of ether oxygens (including phenoxy) is 3. The third-order valence-electron chi connectivity index (χ3n) is 6.41.